The number of carbonyl (C=O) groups is 1. The van der Waals surface area contributed by atoms with Gasteiger partial charge >= 0.3 is 0 Å². The third kappa shape index (κ3) is 1.61. The van der Waals surface area contributed by atoms with Gasteiger partial charge in [0.2, 0.25) is 0 Å². The highest BCUT2D eigenvalue weighted by atomic mass is 16.3. The van der Waals surface area contributed by atoms with Crippen molar-refractivity contribution in [2.75, 3.05) is 0 Å². The van der Waals surface area contributed by atoms with Crippen LogP contribution in [0.15, 0.2) is 30.3 Å². The first-order chi connectivity index (χ1) is 6.25. The zero-order chi connectivity index (χ0) is 9.26. The van der Waals surface area contributed by atoms with Crippen molar-refractivity contribution in [1.82, 2.24) is 0 Å². The van der Waals surface area contributed by atoms with Crippen molar-refractivity contribution < 1.29 is 9.90 Å². The minimum Gasteiger partial charge on any atom is -0.508 e. The average molecular weight is 174 g/mol. The number of phenolic OH excluding ortho intramolecular Hbond substituents is 1. The van der Waals surface area contributed by atoms with Crippen LogP contribution in [0.2, 0.25) is 0 Å². The van der Waals surface area contributed by atoms with E-state index in [-0.39, 0.29) is 11.5 Å². The van der Waals surface area contributed by atoms with Crippen LogP contribution in [0.1, 0.15) is 18.4 Å². The monoisotopic (exact) mass is 174 g/mol. The van der Waals surface area contributed by atoms with Crippen molar-refractivity contribution in [2.45, 2.75) is 12.8 Å². The molecule has 0 saturated heterocycles. The molecular formula is C11H10O2. The molecule has 2 rings (SSSR count). The van der Waals surface area contributed by atoms with Crippen LogP contribution in [0.3, 0.4) is 0 Å². The molecule has 0 spiro atoms. The highest BCUT2D eigenvalue weighted by molar-refractivity contribution is 6.01. The number of ketones is 1. The third-order valence-electron chi connectivity index (χ3n) is 2.21. The molecule has 0 amide bonds. The second kappa shape index (κ2) is 3.05. The van der Waals surface area contributed by atoms with Gasteiger partial charge in [-0.2, -0.15) is 0 Å². The van der Waals surface area contributed by atoms with E-state index in [9.17, 15) is 4.79 Å². The molecule has 0 aromatic heterocycles. The molecule has 0 atom stereocenters. The summed E-state index contributed by atoms with van der Waals surface area (Å²) in [5, 5.41) is 9.07. The first-order valence-electron chi connectivity index (χ1n) is 4.28. The summed E-state index contributed by atoms with van der Waals surface area (Å²) in [5.41, 5.74) is 2.11. The van der Waals surface area contributed by atoms with Crippen LogP contribution in [0.4, 0.5) is 0 Å². The second-order valence-corrected chi connectivity index (χ2v) is 3.18. The molecule has 2 nitrogen and oxygen atoms in total. The fourth-order valence-corrected chi connectivity index (χ4v) is 1.50. The molecule has 1 aliphatic rings. The lowest BCUT2D eigenvalue weighted by atomic mass is 10.1. The predicted octanol–water partition coefficient (Wildman–Crippen LogP) is 2.14. The SMILES string of the molecule is O=C1C=C(c2ccc(O)cc2)CC1. The molecule has 66 valence electrons. The van der Waals surface area contributed by atoms with E-state index in [2.05, 4.69) is 0 Å². The fraction of sp³-hybridized carbons (Fsp3) is 0.182. The Hall–Kier alpha value is -1.57. The van der Waals surface area contributed by atoms with Crippen LogP contribution in [-0.4, -0.2) is 10.9 Å². The summed E-state index contributed by atoms with van der Waals surface area (Å²) in [7, 11) is 0. The number of phenols is 1. The maximum atomic E-state index is 11.0. The van der Waals surface area contributed by atoms with Gasteiger partial charge in [0.1, 0.15) is 5.75 Å². The lowest BCUT2D eigenvalue weighted by Gasteiger charge is -2.00. The quantitative estimate of drug-likeness (QED) is 0.708. The van der Waals surface area contributed by atoms with E-state index >= 15 is 0 Å². The summed E-state index contributed by atoms with van der Waals surface area (Å²) in [4.78, 5) is 11.0. The Bertz CT molecular complexity index is 360. The summed E-state index contributed by atoms with van der Waals surface area (Å²) in [5.74, 6) is 0.455. The maximum absolute atomic E-state index is 11.0. The van der Waals surface area contributed by atoms with Crippen molar-refractivity contribution in [3.05, 3.63) is 35.9 Å². The van der Waals surface area contributed by atoms with E-state index in [1.54, 1.807) is 18.2 Å². The van der Waals surface area contributed by atoms with Gasteiger partial charge in [0.05, 0.1) is 0 Å². The first kappa shape index (κ1) is 8.05. The van der Waals surface area contributed by atoms with E-state index in [1.165, 1.54) is 0 Å². The first-order valence-corrected chi connectivity index (χ1v) is 4.28. The second-order valence-electron chi connectivity index (χ2n) is 3.18. The number of rotatable bonds is 1. The van der Waals surface area contributed by atoms with E-state index in [0.29, 0.717) is 6.42 Å². The normalized spacial score (nSPS) is 16.0. The topological polar surface area (TPSA) is 37.3 Å². The molecular weight excluding hydrogens is 164 g/mol. The standard InChI is InChI=1S/C11H10O2/c12-10-4-1-8(2-5-10)9-3-6-11(13)7-9/h1-2,4-5,7,12H,3,6H2. The molecule has 1 aromatic rings. The predicted molar refractivity (Wildman–Crippen MR) is 50.3 cm³/mol. The molecule has 2 heteroatoms. The van der Waals surface area contributed by atoms with Crippen molar-refractivity contribution in [1.29, 1.82) is 0 Å². The van der Waals surface area contributed by atoms with E-state index in [0.717, 1.165) is 17.6 Å². The van der Waals surface area contributed by atoms with Gasteiger partial charge in [0, 0.05) is 6.42 Å². The molecule has 0 unspecified atom stereocenters. The van der Waals surface area contributed by atoms with Crippen LogP contribution in [0.25, 0.3) is 5.57 Å². The average Bonchev–Trinajstić information content (AvgIpc) is 2.53. The van der Waals surface area contributed by atoms with Crippen molar-refractivity contribution >= 4 is 11.4 Å². The van der Waals surface area contributed by atoms with Crippen LogP contribution < -0.4 is 0 Å². The minimum absolute atomic E-state index is 0.197. The Balaban J connectivity index is 2.31. The van der Waals surface area contributed by atoms with Crippen LogP contribution >= 0.6 is 0 Å². The van der Waals surface area contributed by atoms with Crippen LogP contribution in [0.5, 0.6) is 5.75 Å². The Morgan fingerprint density at radius 2 is 1.77 bits per heavy atom. The zero-order valence-corrected chi connectivity index (χ0v) is 7.16. The zero-order valence-electron chi connectivity index (χ0n) is 7.16. The van der Waals surface area contributed by atoms with Crippen LogP contribution in [0, 0.1) is 0 Å². The van der Waals surface area contributed by atoms with Crippen molar-refractivity contribution in [3.8, 4) is 5.75 Å². The number of benzene rings is 1. The Kier molecular flexibility index (Phi) is 1.89. The van der Waals surface area contributed by atoms with E-state index in [1.807, 2.05) is 12.1 Å². The number of hydrogen-bond acceptors (Lipinski definition) is 2. The van der Waals surface area contributed by atoms with Crippen molar-refractivity contribution in [3.63, 3.8) is 0 Å². The van der Waals surface area contributed by atoms with Gasteiger partial charge in [-0.3, -0.25) is 4.79 Å². The van der Waals surface area contributed by atoms with E-state index < -0.39 is 0 Å². The lowest BCUT2D eigenvalue weighted by Crippen LogP contribution is -1.80. The smallest absolute Gasteiger partial charge is 0.156 e. The number of hydrogen-bond donors (Lipinski definition) is 1. The molecule has 1 aliphatic carbocycles. The summed E-state index contributed by atoms with van der Waals surface area (Å²) in [6, 6.07) is 6.94. The largest absolute Gasteiger partial charge is 0.508 e. The maximum Gasteiger partial charge on any atom is 0.156 e. The minimum atomic E-state index is 0.197. The van der Waals surface area contributed by atoms with Crippen molar-refractivity contribution in [2.24, 2.45) is 0 Å². The molecule has 0 saturated carbocycles. The molecule has 0 aliphatic heterocycles. The summed E-state index contributed by atoms with van der Waals surface area (Å²) >= 11 is 0. The number of allylic oxidation sites excluding steroid dienone is 2. The third-order valence-corrected chi connectivity index (χ3v) is 2.21. The molecule has 0 radical (unpaired) electrons. The summed E-state index contributed by atoms with van der Waals surface area (Å²) in [6.07, 6.45) is 3.13. The van der Waals surface area contributed by atoms with Gasteiger partial charge in [-0.15, -0.1) is 0 Å². The molecule has 13 heavy (non-hydrogen) atoms. The molecule has 0 heterocycles. The Morgan fingerprint density at radius 3 is 2.31 bits per heavy atom. The molecule has 0 fully saturated rings. The lowest BCUT2D eigenvalue weighted by molar-refractivity contribution is -0.114. The van der Waals surface area contributed by atoms with Crippen LogP contribution in [-0.2, 0) is 4.79 Å². The van der Waals surface area contributed by atoms with Gasteiger partial charge in [-0.25, -0.2) is 0 Å². The highest BCUT2D eigenvalue weighted by Gasteiger charge is 2.12. The Labute approximate surface area is 76.5 Å². The molecule has 1 N–H and O–H groups in total. The van der Waals surface area contributed by atoms with Gasteiger partial charge < -0.3 is 5.11 Å². The summed E-state index contributed by atoms with van der Waals surface area (Å²) < 4.78 is 0. The highest BCUT2D eigenvalue weighted by Crippen LogP contribution is 2.26. The number of carbonyl (C=O) groups excluding carboxylic acids is 1. The van der Waals surface area contributed by atoms with Gasteiger partial charge in [0.15, 0.2) is 5.78 Å². The van der Waals surface area contributed by atoms with E-state index in [4.69, 9.17) is 5.11 Å². The Morgan fingerprint density at radius 1 is 1.08 bits per heavy atom. The molecule has 0 bridgehead atoms. The van der Waals surface area contributed by atoms with Gasteiger partial charge in [-0.05, 0) is 35.8 Å². The number of aromatic hydroxyl groups is 1. The summed E-state index contributed by atoms with van der Waals surface area (Å²) in [6.45, 7) is 0. The van der Waals surface area contributed by atoms with Gasteiger partial charge in [0.25, 0.3) is 0 Å². The molecule has 1 aromatic carbocycles. The fourth-order valence-electron chi connectivity index (χ4n) is 1.50. The van der Waals surface area contributed by atoms with Gasteiger partial charge in [-0.1, -0.05) is 12.1 Å².